The molecular formula is C14H19N3S. The summed E-state index contributed by atoms with van der Waals surface area (Å²) in [4.78, 5) is 0. The van der Waals surface area contributed by atoms with E-state index >= 15 is 0 Å². The highest BCUT2D eigenvalue weighted by molar-refractivity contribution is 7.14. The molecule has 0 radical (unpaired) electrons. The molecule has 3 nitrogen and oxygen atoms in total. The van der Waals surface area contributed by atoms with Crippen molar-refractivity contribution in [1.82, 2.24) is 15.5 Å². The number of nitrogens with one attached hydrogen (secondary N) is 1. The van der Waals surface area contributed by atoms with Gasteiger partial charge in [0.25, 0.3) is 0 Å². The molecule has 0 atom stereocenters. The molecule has 96 valence electrons. The molecule has 18 heavy (non-hydrogen) atoms. The molecule has 2 aromatic rings. The Morgan fingerprint density at radius 1 is 1.22 bits per heavy atom. The number of aromatic nitrogens is 2. The van der Waals surface area contributed by atoms with Crippen LogP contribution in [0.5, 0.6) is 0 Å². The predicted molar refractivity (Wildman–Crippen MR) is 76.7 cm³/mol. The maximum absolute atomic E-state index is 4.26. The normalized spacial score (nSPS) is 11.8. The quantitative estimate of drug-likeness (QED) is 0.920. The number of rotatable bonds is 3. The van der Waals surface area contributed by atoms with E-state index in [1.54, 1.807) is 11.3 Å². The molecule has 0 amide bonds. The van der Waals surface area contributed by atoms with Crippen LogP contribution >= 0.6 is 11.3 Å². The van der Waals surface area contributed by atoms with Crippen LogP contribution in [0.25, 0.3) is 10.6 Å². The van der Waals surface area contributed by atoms with E-state index in [1.807, 2.05) is 0 Å². The van der Waals surface area contributed by atoms with Gasteiger partial charge >= 0.3 is 0 Å². The van der Waals surface area contributed by atoms with Crippen molar-refractivity contribution in [3.63, 3.8) is 0 Å². The van der Waals surface area contributed by atoms with Gasteiger partial charge in [-0.05, 0) is 33.8 Å². The van der Waals surface area contributed by atoms with Crippen molar-refractivity contribution in [2.45, 2.75) is 39.8 Å². The van der Waals surface area contributed by atoms with Crippen LogP contribution in [-0.2, 0) is 6.54 Å². The fraction of sp³-hybridized carbons (Fsp3) is 0.429. The van der Waals surface area contributed by atoms with Gasteiger partial charge in [0, 0.05) is 11.1 Å². The summed E-state index contributed by atoms with van der Waals surface area (Å²) in [6.45, 7) is 9.31. The van der Waals surface area contributed by atoms with E-state index in [4.69, 9.17) is 0 Å². The average molecular weight is 261 g/mol. The molecule has 0 aliphatic heterocycles. The van der Waals surface area contributed by atoms with Gasteiger partial charge in [0.1, 0.15) is 10.0 Å². The SMILES string of the molecule is Cc1cccc(-c2nnc(CNC(C)(C)C)s2)c1. The van der Waals surface area contributed by atoms with Crippen LogP contribution in [0.3, 0.4) is 0 Å². The third-order valence-electron chi connectivity index (χ3n) is 2.50. The summed E-state index contributed by atoms with van der Waals surface area (Å²) in [7, 11) is 0. The minimum atomic E-state index is 0.106. The Morgan fingerprint density at radius 2 is 2.00 bits per heavy atom. The molecule has 1 aromatic heterocycles. The first-order chi connectivity index (χ1) is 8.44. The van der Waals surface area contributed by atoms with Gasteiger partial charge in [-0.2, -0.15) is 0 Å². The molecule has 0 bridgehead atoms. The monoisotopic (exact) mass is 261 g/mol. The van der Waals surface area contributed by atoms with Crippen molar-refractivity contribution in [2.75, 3.05) is 0 Å². The average Bonchev–Trinajstić information content (AvgIpc) is 2.74. The second kappa shape index (κ2) is 5.16. The Balaban J connectivity index is 2.11. The minimum Gasteiger partial charge on any atom is -0.306 e. The van der Waals surface area contributed by atoms with E-state index in [1.165, 1.54) is 5.56 Å². The van der Waals surface area contributed by atoms with Crippen molar-refractivity contribution in [3.8, 4) is 10.6 Å². The van der Waals surface area contributed by atoms with Crippen molar-refractivity contribution in [3.05, 3.63) is 34.8 Å². The fourth-order valence-corrected chi connectivity index (χ4v) is 2.34. The lowest BCUT2D eigenvalue weighted by Gasteiger charge is -2.19. The molecule has 0 fully saturated rings. The van der Waals surface area contributed by atoms with Crippen LogP contribution in [0.2, 0.25) is 0 Å². The second-order valence-corrected chi connectivity index (χ2v) is 6.54. The lowest BCUT2D eigenvalue weighted by Crippen LogP contribution is -2.35. The standard InChI is InChI=1S/C14H19N3S/c1-10-6-5-7-11(8-10)13-17-16-12(18-13)9-15-14(2,3)4/h5-8,15H,9H2,1-4H3. The molecule has 1 N–H and O–H groups in total. The zero-order chi connectivity index (χ0) is 13.2. The lowest BCUT2D eigenvalue weighted by atomic mass is 10.1. The maximum atomic E-state index is 4.26. The first kappa shape index (κ1) is 13.2. The third-order valence-corrected chi connectivity index (χ3v) is 3.47. The minimum absolute atomic E-state index is 0.106. The summed E-state index contributed by atoms with van der Waals surface area (Å²) >= 11 is 1.65. The third kappa shape index (κ3) is 3.62. The Labute approximate surface area is 112 Å². The van der Waals surface area contributed by atoms with E-state index in [-0.39, 0.29) is 5.54 Å². The summed E-state index contributed by atoms with van der Waals surface area (Å²) < 4.78 is 0. The Morgan fingerprint density at radius 3 is 2.67 bits per heavy atom. The molecule has 0 aliphatic rings. The van der Waals surface area contributed by atoms with Gasteiger partial charge in [0.15, 0.2) is 0 Å². The first-order valence-corrected chi connectivity index (χ1v) is 6.90. The fourth-order valence-electron chi connectivity index (χ4n) is 1.56. The van der Waals surface area contributed by atoms with E-state index < -0.39 is 0 Å². The van der Waals surface area contributed by atoms with Crippen LogP contribution in [0.15, 0.2) is 24.3 Å². The number of benzene rings is 1. The molecule has 0 unspecified atom stereocenters. The van der Waals surface area contributed by atoms with E-state index in [2.05, 4.69) is 67.5 Å². The lowest BCUT2D eigenvalue weighted by molar-refractivity contribution is 0.423. The Kier molecular flexibility index (Phi) is 3.78. The Bertz CT molecular complexity index is 526. The summed E-state index contributed by atoms with van der Waals surface area (Å²) in [5.74, 6) is 0. The van der Waals surface area contributed by atoms with Crippen molar-refractivity contribution in [2.24, 2.45) is 0 Å². The largest absolute Gasteiger partial charge is 0.306 e. The van der Waals surface area contributed by atoms with E-state index in [9.17, 15) is 0 Å². The van der Waals surface area contributed by atoms with Crippen LogP contribution in [0.1, 0.15) is 31.3 Å². The van der Waals surface area contributed by atoms with E-state index in [0.29, 0.717) is 0 Å². The van der Waals surface area contributed by atoms with Gasteiger partial charge in [-0.15, -0.1) is 10.2 Å². The van der Waals surface area contributed by atoms with Crippen LogP contribution in [-0.4, -0.2) is 15.7 Å². The highest BCUT2D eigenvalue weighted by atomic mass is 32.1. The van der Waals surface area contributed by atoms with Crippen LogP contribution in [0, 0.1) is 6.92 Å². The molecule has 0 saturated carbocycles. The van der Waals surface area contributed by atoms with Gasteiger partial charge in [0.2, 0.25) is 0 Å². The van der Waals surface area contributed by atoms with Gasteiger partial charge in [-0.1, -0.05) is 35.1 Å². The molecule has 4 heteroatoms. The van der Waals surface area contributed by atoms with Gasteiger partial charge in [-0.3, -0.25) is 0 Å². The number of nitrogens with zero attached hydrogens (tertiary/aromatic N) is 2. The molecule has 0 saturated heterocycles. The highest BCUT2D eigenvalue weighted by Gasteiger charge is 2.11. The second-order valence-electron chi connectivity index (χ2n) is 5.47. The van der Waals surface area contributed by atoms with Crippen molar-refractivity contribution < 1.29 is 0 Å². The Hall–Kier alpha value is -1.26. The molecule has 0 spiro atoms. The van der Waals surface area contributed by atoms with Crippen molar-refractivity contribution >= 4 is 11.3 Å². The van der Waals surface area contributed by atoms with Crippen LogP contribution in [0.4, 0.5) is 0 Å². The summed E-state index contributed by atoms with van der Waals surface area (Å²) in [6, 6.07) is 8.36. The van der Waals surface area contributed by atoms with Gasteiger partial charge < -0.3 is 5.32 Å². The topological polar surface area (TPSA) is 37.8 Å². The van der Waals surface area contributed by atoms with Crippen molar-refractivity contribution in [1.29, 1.82) is 0 Å². The molecule has 2 rings (SSSR count). The zero-order valence-corrected chi connectivity index (χ0v) is 12.1. The van der Waals surface area contributed by atoms with Gasteiger partial charge in [-0.25, -0.2) is 0 Å². The molecule has 1 heterocycles. The molecular weight excluding hydrogens is 242 g/mol. The van der Waals surface area contributed by atoms with Gasteiger partial charge in [0.05, 0.1) is 6.54 Å². The van der Waals surface area contributed by atoms with E-state index in [0.717, 1.165) is 22.1 Å². The zero-order valence-electron chi connectivity index (χ0n) is 11.3. The van der Waals surface area contributed by atoms with Crippen LogP contribution < -0.4 is 5.32 Å². The number of hydrogen-bond acceptors (Lipinski definition) is 4. The maximum Gasteiger partial charge on any atom is 0.147 e. The summed E-state index contributed by atoms with van der Waals surface area (Å²) in [6.07, 6.45) is 0. The molecule has 1 aromatic carbocycles. The number of aryl methyl sites for hydroxylation is 1. The smallest absolute Gasteiger partial charge is 0.147 e. The number of hydrogen-bond donors (Lipinski definition) is 1. The first-order valence-electron chi connectivity index (χ1n) is 6.08. The highest BCUT2D eigenvalue weighted by Crippen LogP contribution is 2.24. The molecule has 0 aliphatic carbocycles. The summed E-state index contributed by atoms with van der Waals surface area (Å²) in [5.41, 5.74) is 2.50. The summed E-state index contributed by atoms with van der Waals surface area (Å²) in [5, 5.41) is 13.9. The predicted octanol–water partition coefficient (Wildman–Crippen LogP) is 3.40.